The summed E-state index contributed by atoms with van der Waals surface area (Å²) in [4.78, 5) is 1.56. The molecule has 0 spiro atoms. The maximum Gasteiger partial charge on any atom is 0.0525 e. The van der Waals surface area contributed by atoms with E-state index >= 15 is 0 Å². The van der Waals surface area contributed by atoms with E-state index in [0.29, 0.717) is 6.04 Å². The van der Waals surface area contributed by atoms with E-state index in [0.717, 1.165) is 4.47 Å². The van der Waals surface area contributed by atoms with Gasteiger partial charge in [0.25, 0.3) is 0 Å². The number of benzene rings is 1. The molecule has 2 aromatic rings. The molecule has 1 aliphatic rings. The predicted molar refractivity (Wildman–Crippen MR) is 77.8 cm³/mol. The minimum Gasteiger partial charge on any atom is -0.377 e. The zero-order valence-electron chi connectivity index (χ0n) is 9.45. The van der Waals surface area contributed by atoms with Gasteiger partial charge in [0.2, 0.25) is 0 Å². The Morgan fingerprint density at radius 3 is 3.00 bits per heavy atom. The van der Waals surface area contributed by atoms with Crippen molar-refractivity contribution in [2.45, 2.75) is 25.3 Å². The maximum absolute atomic E-state index is 3.65. The normalized spacial score (nSPS) is 18.8. The summed E-state index contributed by atoms with van der Waals surface area (Å²) in [6.07, 6.45) is 3.77. The molecule has 0 fully saturated rings. The molecule has 1 aliphatic carbocycles. The highest BCUT2D eigenvalue weighted by Crippen LogP contribution is 2.36. The molecular weight excluding hydrogens is 294 g/mol. The third-order valence-electron chi connectivity index (χ3n) is 3.26. The first kappa shape index (κ1) is 11.3. The average Bonchev–Trinajstić information content (AvgIpc) is 2.81. The zero-order valence-corrected chi connectivity index (χ0v) is 11.9. The standard InChI is InChI=1S/C14H14BrNS/c15-11-4-1-2-5-13(11)16-12-6-3-7-14-10(12)8-9-17-14/h1-2,4-5,8-9,12,16H,3,6-7H2. The van der Waals surface area contributed by atoms with Gasteiger partial charge >= 0.3 is 0 Å². The van der Waals surface area contributed by atoms with Crippen molar-refractivity contribution in [2.75, 3.05) is 5.32 Å². The number of hydrogen-bond acceptors (Lipinski definition) is 2. The first-order chi connectivity index (χ1) is 8.34. The number of thiophene rings is 1. The lowest BCUT2D eigenvalue weighted by molar-refractivity contribution is 0.608. The van der Waals surface area contributed by atoms with Gasteiger partial charge in [0.05, 0.1) is 6.04 Å². The van der Waals surface area contributed by atoms with E-state index in [1.54, 1.807) is 4.88 Å². The molecule has 0 aliphatic heterocycles. The predicted octanol–water partition coefficient (Wildman–Crippen LogP) is 5.00. The number of rotatable bonds is 2. The molecule has 17 heavy (non-hydrogen) atoms. The van der Waals surface area contributed by atoms with Gasteiger partial charge in [-0.3, -0.25) is 0 Å². The second-order valence-electron chi connectivity index (χ2n) is 4.37. The van der Waals surface area contributed by atoms with E-state index in [9.17, 15) is 0 Å². The Hall–Kier alpha value is -0.800. The van der Waals surface area contributed by atoms with Crippen LogP contribution in [-0.4, -0.2) is 0 Å². The lowest BCUT2D eigenvalue weighted by Gasteiger charge is -2.25. The minimum atomic E-state index is 0.476. The van der Waals surface area contributed by atoms with Crippen LogP contribution in [0.4, 0.5) is 5.69 Å². The van der Waals surface area contributed by atoms with E-state index in [4.69, 9.17) is 0 Å². The van der Waals surface area contributed by atoms with Crippen LogP contribution in [0.15, 0.2) is 40.2 Å². The molecule has 1 heterocycles. The van der Waals surface area contributed by atoms with Crippen LogP contribution >= 0.6 is 27.3 Å². The molecule has 3 rings (SSSR count). The van der Waals surface area contributed by atoms with Gasteiger partial charge in [0.15, 0.2) is 0 Å². The number of anilines is 1. The molecule has 0 radical (unpaired) electrons. The maximum atomic E-state index is 3.65. The summed E-state index contributed by atoms with van der Waals surface area (Å²) >= 11 is 5.49. The first-order valence-electron chi connectivity index (χ1n) is 5.92. The van der Waals surface area contributed by atoms with Gasteiger partial charge in [-0.05, 0) is 64.3 Å². The van der Waals surface area contributed by atoms with Crippen LogP contribution in [0.2, 0.25) is 0 Å². The molecule has 88 valence electrons. The van der Waals surface area contributed by atoms with Crippen LogP contribution in [0.3, 0.4) is 0 Å². The third-order valence-corrected chi connectivity index (χ3v) is 4.94. The quantitative estimate of drug-likeness (QED) is 0.823. The number of para-hydroxylation sites is 1. The summed E-state index contributed by atoms with van der Waals surface area (Å²) in [5.41, 5.74) is 2.69. The average molecular weight is 308 g/mol. The van der Waals surface area contributed by atoms with Crippen LogP contribution in [0.1, 0.15) is 29.3 Å². The second-order valence-corrected chi connectivity index (χ2v) is 6.22. The van der Waals surface area contributed by atoms with Gasteiger partial charge in [0, 0.05) is 15.0 Å². The van der Waals surface area contributed by atoms with Crippen LogP contribution in [0.25, 0.3) is 0 Å². The van der Waals surface area contributed by atoms with Gasteiger partial charge in [-0.1, -0.05) is 12.1 Å². The van der Waals surface area contributed by atoms with E-state index < -0.39 is 0 Å². The number of fused-ring (bicyclic) bond motifs is 1. The topological polar surface area (TPSA) is 12.0 Å². The lowest BCUT2D eigenvalue weighted by Crippen LogP contribution is -2.15. The first-order valence-corrected chi connectivity index (χ1v) is 7.59. The summed E-state index contributed by atoms with van der Waals surface area (Å²) in [6.45, 7) is 0. The molecule has 1 atom stereocenters. The molecule has 1 nitrogen and oxygen atoms in total. The Balaban J connectivity index is 1.86. The van der Waals surface area contributed by atoms with Gasteiger partial charge in [-0.2, -0.15) is 0 Å². The number of nitrogens with one attached hydrogen (secondary N) is 1. The Morgan fingerprint density at radius 1 is 1.24 bits per heavy atom. The fraction of sp³-hybridized carbons (Fsp3) is 0.286. The van der Waals surface area contributed by atoms with Crippen LogP contribution in [0.5, 0.6) is 0 Å². The highest BCUT2D eigenvalue weighted by Gasteiger charge is 2.21. The summed E-state index contributed by atoms with van der Waals surface area (Å²) in [6, 6.07) is 11.1. The van der Waals surface area contributed by atoms with Crippen molar-refractivity contribution in [3.05, 3.63) is 50.6 Å². The lowest BCUT2D eigenvalue weighted by atomic mass is 9.94. The monoisotopic (exact) mass is 307 g/mol. The van der Waals surface area contributed by atoms with E-state index in [-0.39, 0.29) is 0 Å². The Kier molecular flexibility index (Phi) is 3.21. The van der Waals surface area contributed by atoms with Crippen molar-refractivity contribution in [3.8, 4) is 0 Å². The second kappa shape index (κ2) is 4.83. The highest BCUT2D eigenvalue weighted by molar-refractivity contribution is 9.10. The van der Waals surface area contributed by atoms with Crippen molar-refractivity contribution >= 4 is 33.0 Å². The Morgan fingerprint density at radius 2 is 2.12 bits per heavy atom. The van der Waals surface area contributed by atoms with E-state index in [1.165, 1.54) is 30.5 Å². The van der Waals surface area contributed by atoms with Gasteiger partial charge < -0.3 is 5.32 Å². The third kappa shape index (κ3) is 2.26. The summed E-state index contributed by atoms with van der Waals surface area (Å²) in [7, 11) is 0. The molecule has 1 aromatic carbocycles. The molecule has 0 bridgehead atoms. The number of halogens is 1. The molecule has 1 N–H and O–H groups in total. The van der Waals surface area contributed by atoms with Crippen molar-refractivity contribution in [3.63, 3.8) is 0 Å². The molecular formula is C14H14BrNS. The van der Waals surface area contributed by atoms with E-state index in [1.807, 2.05) is 17.4 Å². The highest BCUT2D eigenvalue weighted by atomic mass is 79.9. The van der Waals surface area contributed by atoms with Crippen LogP contribution in [0, 0.1) is 0 Å². The molecule has 1 unspecified atom stereocenters. The SMILES string of the molecule is Brc1ccccc1NC1CCCc2sccc21. The van der Waals surface area contributed by atoms with Crippen LogP contribution < -0.4 is 5.32 Å². The summed E-state index contributed by atoms with van der Waals surface area (Å²) in [5.74, 6) is 0. The van der Waals surface area contributed by atoms with Gasteiger partial charge in [-0.15, -0.1) is 11.3 Å². The fourth-order valence-electron chi connectivity index (χ4n) is 2.40. The Bertz CT molecular complexity index is 520. The number of aryl methyl sites for hydroxylation is 1. The van der Waals surface area contributed by atoms with E-state index in [2.05, 4.69) is 50.9 Å². The molecule has 1 aromatic heterocycles. The van der Waals surface area contributed by atoms with Crippen molar-refractivity contribution in [1.29, 1.82) is 0 Å². The number of hydrogen-bond donors (Lipinski definition) is 1. The Labute approximate surface area is 114 Å². The van der Waals surface area contributed by atoms with Crippen LogP contribution in [-0.2, 0) is 6.42 Å². The summed E-state index contributed by atoms with van der Waals surface area (Å²) < 4.78 is 1.14. The van der Waals surface area contributed by atoms with Gasteiger partial charge in [-0.25, -0.2) is 0 Å². The minimum absolute atomic E-state index is 0.476. The summed E-state index contributed by atoms with van der Waals surface area (Å²) in [5, 5.41) is 5.86. The van der Waals surface area contributed by atoms with Crippen molar-refractivity contribution < 1.29 is 0 Å². The molecule has 0 amide bonds. The van der Waals surface area contributed by atoms with Crippen molar-refractivity contribution in [1.82, 2.24) is 0 Å². The smallest absolute Gasteiger partial charge is 0.0525 e. The van der Waals surface area contributed by atoms with Crippen molar-refractivity contribution in [2.24, 2.45) is 0 Å². The molecule has 3 heteroatoms. The fourth-order valence-corrected chi connectivity index (χ4v) is 3.79. The molecule has 0 saturated heterocycles. The largest absolute Gasteiger partial charge is 0.377 e. The molecule has 0 saturated carbocycles. The van der Waals surface area contributed by atoms with Gasteiger partial charge in [0.1, 0.15) is 0 Å². The zero-order chi connectivity index (χ0) is 11.7.